The first-order valence-electron chi connectivity index (χ1n) is 6.46. The van der Waals surface area contributed by atoms with Crippen LogP contribution in [0.2, 0.25) is 0 Å². The average Bonchev–Trinajstić information content (AvgIpc) is 2.49. The number of benzene rings is 2. The maximum atomic E-state index is 12.0. The number of anilines is 1. The Bertz CT molecular complexity index is 787. The van der Waals surface area contributed by atoms with Crippen molar-refractivity contribution in [3.05, 3.63) is 64.9 Å². The van der Waals surface area contributed by atoms with E-state index >= 15 is 0 Å². The zero-order valence-electron chi connectivity index (χ0n) is 11.1. The van der Waals surface area contributed by atoms with Crippen molar-refractivity contribution in [1.29, 1.82) is 0 Å². The first kappa shape index (κ1) is 13.7. The number of rotatable bonds is 3. The van der Waals surface area contributed by atoms with E-state index in [0.717, 1.165) is 26.8 Å². The minimum Gasteiger partial charge on any atom is -0.326 e. The van der Waals surface area contributed by atoms with Crippen molar-refractivity contribution < 1.29 is 4.79 Å². The Labute approximate surface area is 130 Å². The first-order chi connectivity index (χ1) is 10.2. The largest absolute Gasteiger partial charge is 0.326 e. The van der Waals surface area contributed by atoms with E-state index in [1.807, 2.05) is 42.5 Å². The van der Waals surface area contributed by atoms with Crippen molar-refractivity contribution in [1.82, 2.24) is 9.97 Å². The van der Waals surface area contributed by atoms with Gasteiger partial charge in [-0.3, -0.25) is 14.8 Å². The van der Waals surface area contributed by atoms with Crippen molar-refractivity contribution in [2.24, 2.45) is 0 Å². The molecule has 1 aromatic heterocycles. The number of amides is 1. The Kier molecular flexibility index (Phi) is 3.92. The number of hydrogen-bond acceptors (Lipinski definition) is 3. The third-order valence-electron chi connectivity index (χ3n) is 3.03. The molecule has 0 aliphatic carbocycles. The topological polar surface area (TPSA) is 54.9 Å². The number of nitrogens with one attached hydrogen (secondary N) is 1. The van der Waals surface area contributed by atoms with Crippen LogP contribution in [0.15, 0.2) is 59.3 Å². The number of aromatic nitrogens is 2. The summed E-state index contributed by atoms with van der Waals surface area (Å²) in [5, 5.41) is 2.88. The minimum absolute atomic E-state index is 0.0550. The Morgan fingerprint density at radius 2 is 1.71 bits per heavy atom. The van der Waals surface area contributed by atoms with Crippen molar-refractivity contribution in [3.8, 4) is 0 Å². The van der Waals surface area contributed by atoms with Crippen molar-refractivity contribution in [2.75, 3.05) is 5.32 Å². The summed E-state index contributed by atoms with van der Waals surface area (Å²) in [5.41, 5.74) is 3.27. The molecule has 0 saturated carbocycles. The lowest BCUT2D eigenvalue weighted by Gasteiger charge is -2.06. The van der Waals surface area contributed by atoms with Gasteiger partial charge in [0.05, 0.1) is 17.5 Å². The fourth-order valence-corrected chi connectivity index (χ4v) is 2.30. The minimum atomic E-state index is -0.0550. The molecule has 0 unspecified atom stereocenters. The molecular weight excluding hydrogens is 330 g/mol. The highest BCUT2D eigenvalue weighted by Crippen LogP contribution is 2.16. The SMILES string of the molecule is O=C(Cc1ccc(Br)cc1)Nc1ccc2nccnc2c1. The molecule has 104 valence electrons. The molecule has 0 saturated heterocycles. The van der Waals surface area contributed by atoms with Gasteiger partial charge in [0.1, 0.15) is 0 Å². The molecule has 3 aromatic rings. The van der Waals surface area contributed by atoms with Crippen molar-refractivity contribution in [2.45, 2.75) is 6.42 Å². The quantitative estimate of drug-likeness (QED) is 0.792. The second-order valence-electron chi connectivity index (χ2n) is 4.61. The van der Waals surface area contributed by atoms with Crippen LogP contribution >= 0.6 is 15.9 Å². The lowest BCUT2D eigenvalue weighted by atomic mass is 10.1. The first-order valence-corrected chi connectivity index (χ1v) is 7.25. The second-order valence-corrected chi connectivity index (χ2v) is 5.53. The summed E-state index contributed by atoms with van der Waals surface area (Å²) in [6.45, 7) is 0. The summed E-state index contributed by atoms with van der Waals surface area (Å²) >= 11 is 3.38. The molecule has 2 aromatic carbocycles. The van der Waals surface area contributed by atoms with E-state index in [-0.39, 0.29) is 5.91 Å². The summed E-state index contributed by atoms with van der Waals surface area (Å²) in [7, 11) is 0. The van der Waals surface area contributed by atoms with Crippen LogP contribution in [0.5, 0.6) is 0 Å². The zero-order valence-corrected chi connectivity index (χ0v) is 12.7. The number of carbonyl (C=O) groups is 1. The number of fused-ring (bicyclic) bond motifs is 1. The van der Waals surface area contributed by atoms with Crippen LogP contribution in [0, 0.1) is 0 Å². The van der Waals surface area contributed by atoms with Gasteiger partial charge in [0.25, 0.3) is 0 Å². The van der Waals surface area contributed by atoms with Crippen molar-refractivity contribution >= 4 is 38.6 Å². The standard InChI is InChI=1S/C16H12BrN3O/c17-12-3-1-11(2-4-12)9-16(21)20-13-5-6-14-15(10-13)19-8-7-18-14/h1-8,10H,9H2,(H,20,21). The van der Waals surface area contributed by atoms with E-state index in [1.54, 1.807) is 12.4 Å². The van der Waals surface area contributed by atoms with Gasteiger partial charge in [-0.15, -0.1) is 0 Å². The van der Waals surface area contributed by atoms with Crippen molar-refractivity contribution in [3.63, 3.8) is 0 Å². The normalized spacial score (nSPS) is 10.5. The predicted molar refractivity (Wildman–Crippen MR) is 86.0 cm³/mol. The molecule has 0 spiro atoms. The molecule has 3 rings (SSSR count). The van der Waals surface area contributed by atoms with E-state index in [9.17, 15) is 4.79 Å². The van der Waals surface area contributed by atoms with Gasteiger partial charge in [-0.05, 0) is 35.9 Å². The summed E-state index contributed by atoms with van der Waals surface area (Å²) in [6.07, 6.45) is 3.62. The molecule has 1 heterocycles. The van der Waals surface area contributed by atoms with E-state index in [4.69, 9.17) is 0 Å². The smallest absolute Gasteiger partial charge is 0.228 e. The summed E-state index contributed by atoms with van der Waals surface area (Å²) < 4.78 is 1.000. The Morgan fingerprint density at radius 3 is 2.48 bits per heavy atom. The van der Waals surface area contributed by atoms with Crippen LogP contribution in [0.4, 0.5) is 5.69 Å². The van der Waals surface area contributed by atoms with E-state index in [0.29, 0.717) is 6.42 Å². The molecule has 1 N–H and O–H groups in total. The summed E-state index contributed by atoms with van der Waals surface area (Å²) in [4.78, 5) is 20.5. The van der Waals surface area contributed by atoms with Gasteiger partial charge in [-0.1, -0.05) is 28.1 Å². The fraction of sp³-hybridized carbons (Fsp3) is 0.0625. The maximum Gasteiger partial charge on any atom is 0.228 e. The van der Waals surface area contributed by atoms with Gasteiger partial charge >= 0.3 is 0 Å². The highest BCUT2D eigenvalue weighted by atomic mass is 79.9. The Morgan fingerprint density at radius 1 is 1.00 bits per heavy atom. The van der Waals surface area contributed by atoms with Gasteiger partial charge in [0.2, 0.25) is 5.91 Å². The van der Waals surface area contributed by atoms with Crippen LogP contribution in [0.1, 0.15) is 5.56 Å². The van der Waals surface area contributed by atoms with Gasteiger partial charge in [0, 0.05) is 22.6 Å². The number of halogens is 1. The fourth-order valence-electron chi connectivity index (χ4n) is 2.03. The summed E-state index contributed by atoms with van der Waals surface area (Å²) in [5.74, 6) is -0.0550. The second kappa shape index (κ2) is 6.01. The molecule has 0 aliphatic heterocycles. The van der Waals surface area contributed by atoms with Crippen LogP contribution in [-0.4, -0.2) is 15.9 Å². The molecule has 1 amide bonds. The Hall–Kier alpha value is -2.27. The molecule has 0 aliphatic rings. The predicted octanol–water partition coefficient (Wildman–Crippen LogP) is 3.57. The molecule has 21 heavy (non-hydrogen) atoms. The van der Waals surface area contributed by atoms with Crippen LogP contribution < -0.4 is 5.32 Å². The average molecular weight is 342 g/mol. The highest BCUT2D eigenvalue weighted by Gasteiger charge is 2.05. The number of nitrogens with zero attached hydrogens (tertiary/aromatic N) is 2. The van der Waals surface area contributed by atoms with E-state index < -0.39 is 0 Å². The van der Waals surface area contributed by atoms with Crippen LogP contribution in [0.3, 0.4) is 0 Å². The monoisotopic (exact) mass is 341 g/mol. The molecule has 0 bridgehead atoms. The highest BCUT2D eigenvalue weighted by molar-refractivity contribution is 9.10. The lowest BCUT2D eigenvalue weighted by molar-refractivity contribution is -0.115. The molecule has 0 radical (unpaired) electrons. The van der Waals surface area contributed by atoms with E-state index in [1.165, 1.54) is 0 Å². The number of carbonyl (C=O) groups excluding carboxylic acids is 1. The van der Waals surface area contributed by atoms with Gasteiger partial charge in [-0.2, -0.15) is 0 Å². The summed E-state index contributed by atoms with van der Waals surface area (Å²) in [6, 6.07) is 13.2. The zero-order chi connectivity index (χ0) is 14.7. The lowest BCUT2D eigenvalue weighted by Crippen LogP contribution is -2.14. The van der Waals surface area contributed by atoms with Gasteiger partial charge < -0.3 is 5.32 Å². The Balaban J connectivity index is 1.72. The molecule has 0 fully saturated rings. The third kappa shape index (κ3) is 3.44. The van der Waals surface area contributed by atoms with Crippen LogP contribution in [-0.2, 0) is 11.2 Å². The molecular formula is C16H12BrN3O. The molecule has 5 heteroatoms. The number of hydrogen-bond donors (Lipinski definition) is 1. The van der Waals surface area contributed by atoms with Crippen LogP contribution in [0.25, 0.3) is 11.0 Å². The van der Waals surface area contributed by atoms with Gasteiger partial charge in [-0.25, -0.2) is 0 Å². The van der Waals surface area contributed by atoms with Gasteiger partial charge in [0.15, 0.2) is 0 Å². The maximum absolute atomic E-state index is 12.0. The van der Waals surface area contributed by atoms with E-state index in [2.05, 4.69) is 31.2 Å². The molecule has 4 nitrogen and oxygen atoms in total. The third-order valence-corrected chi connectivity index (χ3v) is 3.56. The molecule has 0 atom stereocenters.